The molecule has 2 heterocycles. The highest BCUT2D eigenvalue weighted by atomic mass is 16.3. The predicted octanol–water partition coefficient (Wildman–Crippen LogP) is 4.43. The van der Waals surface area contributed by atoms with Crippen LogP contribution in [0.5, 0.6) is 0 Å². The Morgan fingerprint density at radius 3 is 1.95 bits per heavy atom. The molecule has 0 aliphatic carbocycles. The second kappa shape index (κ2) is 5.98. The molecule has 2 saturated heterocycles. The molecule has 0 radical (unpaired) electrons. The van der Waals surface area contributed by atoms with Gasteiger partial charge in [-0.15, -0.1) is 0 Å². The predicted molar refractivity (Wildman–Crippen MR) is 92.3 cm³/mol. The minimum absolute atomic E-state index is 0.451. The summed E-state index contributed by atoms with van der Waals surface area (Å²) in [5, 5.41) is 15.4. The standard InChI is InChI=1S/C20H31NO/c1-13(2)17-9-6-10-18(14(3)4)19(17)20(22)11-15-7-5-8-16(12-20)21-15/h6,9-10,13-16,21-22H,5,7-8,11-12H2,1-4H3. The van der Waals surface area contributed by atoms with Crippen molar-refractivity contribution in [2.75, 3.05) is 0 Å². The van der Waals surface area contributed by atoms with Gasteiger partial charge in [0.1, 0.15) is 0 Å². The molecule has 0 saturated carbocycles. The number of piperidine rings is 2. The van der Waals surface area contributed by atoms with Crippen LogP contribution < -0.4 is 5.32 Å². The maximum atomic E-state index is 11.7. The van der Waals surface area contributed by atoms with Crippen molar-refractivity contribution in [1.82, 2.24) is 5.32 Å². The largest absolute Gasteiger partial charge is 0.385 e. The van der Waals surface area contributed by atoms with Gasteiger partial charge in [0.15, 0.2) is 0 Å². The number of hydrogen-bond acceptors (Lipinski definition) is 2. The summed E-state index contributed by atoms with van der Waals surface area (Å²) < 4.78 is 0. The maximum Gasteiger partial charge on any atom is 0.0931 e. The van der Waals surface area contributed by atoms with Crippen LogP contribution in [0, 0.1) is 0 Å². The topological polar surface area (TPSA) is 32.3 Å². The number of rotatable bonds is 3. The zero-order valence-corrected chi connectivity index (χ0v) is 14.5. The van der Waals surface area contributed by atoms with Crippen molar-refractivity contribution in [2.45, 2.75) is 89.3 Å². The number of aliphatic hydroxyl groups is 1. The van der Waals surface area contributed by atoms with Crippen molar-refractivity contribution in [2.24, 2.45) is 0 Å². The summed E-state index contributed by atoms with van der Waals surface area (Å²) in [4.78, 5) is 0. The molecule has 0 aromatic heterocycles. The van der Waals surface area contributed by atoms with Crippen LogP contribution in [-0.2, 0) is 5.60 Å². The monoisotopic (exact) mass is 301 g/mol. The maximum absolute atomic E-state index is 11.7. The lowest BCUT2D eigenvalue weighted by Gasteiger charge is -2.47. The molecule has 3 rings (SSSR count). The van der Waals surface area contributed by atoms with E-state index in [4.69, 9.17) is 0 Å². The second-order valence-corrected chi connectivity index (χ2v) is 8.05. The lowest BCUT2D eigenvalue weighted by Crippen LogP contribution is -2.54. The molecule has 2 N–H and O–H groups in total. The van der Waals surface area contributed by atoms with E-state index in [2.05, 4.69) is 51.2 Å². The molecule has 0 spiro atoms. The molecule has 2 atom stereocenters. The minimum Gasteiger partial charge on any atom is -0.385 e. The van der Waals surface area contributed by atoms with Gasteiger partial charge in [-0.25, -0.2) is 0 Å². The highest BCUT2D eigenvalue weighted by Crippen LogP contribution is 2.45. The molecule has 22 heavy (non-hydrogen) atoms. The summed E-state index contributed by atoms with van der Waals surface area (Å²) in [6.45, 7) is 8.98. The molecular formula is C20H31NO. The highest BCUT2D eigenvalue weighted by Gasteiger charge is 2.44. The van der Waals surface area contributed by atoms with E-state index < -0.39 is 5.60 Å². The Labute approximate surface area is 135 Å². The Balaban J connectivity index is 2.09. The molecule has 2 aliphatic rings. The molecule has 0 amide bonds. The van der Waals surface area contributed by atoms with Crippen molar-refractivity contribution >= 4 is 0 Å². The summed E-state index contributed by atoms with van der Waals surface area (Å²) >= 11 is 0. The van der Waals surface area contributed by atoms with Gasteiger partial charge in [0.2, 0.25) is 0 Å². The zero-order chi connectivity index (χ0) is 15.9. The van der Waals surface area contributed by atoms with Crippen molar-refractivity contribution in [3.8, 4) is 0 Å². The molecule has 2 aliphatic heterocycles. The summed E-state index contributed by atoms with van der Waals surface area (Å²) in [7, 11) is 0. The first-order chi connectivity index (χ1) is 10.4. The van der Waals surface area contributed by atoms with Gasteiger partial charge in [-0.05, 0) is 54.2 Å². The van der Waals surface area contributed by atoms with Crippen LogP contribution in [-0.4, -0.2) is 17.2 Å². The Hall–Kier alpha value is -0.860. The van der Waals surface area contributed by atoms with E-state index in [1.807, 2.05) is 0 Å². The normalized spacial score (nSPS) is 31.8. The molecule has 122 valence electrons. The van der Waals surface area contributed by atoms with Crippen LogP contribution in [0.2, 0.25) is 0 Å². The number of nitrogens with one attached hydrogen (secondary N) is 1. The number of hydrogen-bond donors (Lipinski definition) is 2. The van der Waals surface area contributed by atoms with Gasteiger partial charge in [0, 0.05) is 12.1 Å². The van der Waals surface area contributed by atoms with E-state index in [1.54, 1.807) is 0 Å². The van der Waals surface area contributed by atoms with Crippen molar-refractivity contribution in [1.29, 1.82) is 0 Å². The van der Waals surface area contributed by atoms with Gasteiger partial charge in [0.25, 0.3) is 0 Å². The van der Waals surface area contributed by atoms with E-state index in [0.717, 1.165) is 12.8 Å². The van der Waals surface area contributed by atoms with E-state index in [9.17, 15) is 5.11 Å². The van der Waals surface area contributed by atoms with Crippen LogP contribution in [0.4, 0.5) is 0 Å². The minimum atomic E-state index is -0.651. The molecule has 2 bridgehead atoms. The average Bonchev–Trinajstić information content (AvgIpc) is 2.45. The zero-order valence-electron chi connectivity index (χ0n) is 14.5. The van der Waals surface area contributed by atoms with E-state index in [1.165, 1.54) is 36.0 Å². The fraction of sp³-hybridized carbons (Fsp3) is 0.700. The van der Waals surface area contributed by atoms with E-state index in [-0.39, 0.29) is 0 Å². The smallest absolute Gasteiger partial charge is 0.0931 e. The average molecular weight is 301 g/mol. The van der Waals surface area contributed by atoms with Gasteiger partial charge >= 0.3 is 0 Å². The van der Waals surface area contributed by atoms with Crippen molar-refractivity contribution in [3.63, 3.8) is 0 Å². The lowest BCUT2D eigenvalue weighted by molar-refractivity contribution is -0.0374. The van der Waals surface area contributed by atoms with Gasteiger partial charge in [-0.3, -0.25) is 0 Å². The molecule has 2 unspecified atom stereocenters. The fourth-order valence-electron chi connectivity index (χ4n) is 4.62. The third-order valence-electron chi connectivity index (χ3n) is 5.58. The summed E-state index contributed by atoms with van der Waals surface area (Å²) in [6, 6.07) is 7.58. The SMILES string of the molecule is CC(C)c1cccc(C(C)C)c1C1(O)CC2CCCC(C1)N2. The Kier molecular flexibility index (Phi) is 4.35. The third-order valence-corrected chi connectivity index (χ3v) is 5.58. The summed E-state index contributed by atoms with van der Waals surface area (Å²) in [5.41, 5.74) is 3.28. The molecule has 1 aromatic carbocycles. The molecular weight excluding hydrogens is 270 g/mol. The van der Waals surface area contributed by atoms with Crippen LogP contribution >= 0.6 is 0 Å². The molecule has 2 heteroatoms. The number of fused-ring (bicyclic) bond motifs is 2. The van der Waals surface area contributed by atoms with Crippen LogP contribution in [0.25, 0.3) is 0 Å². The Morgan fingerprint density at radius 1 is 1.00 bits per heavy atom. The first-order valence-corrected chi connectivity index (χ1v) is 9.02. The summed E-state index contributed by atoms with van der Waals surface area (Å²) in [6.07, 6.45) is 5.46. The van der Waals surface area contributed by atoms with Crippen LogP contribution in [0.15, 0.2) is 18.2 Å². The Bertz CT molecular complexity index is 496. The van der Waals surface area contributed by atoms with Gasteiger partial charge in [0.05, 0.1) is 5.60 Å². The Morgan fingerprint density at radius 2 is 1.50 bits per heavy atom. The van der Waals surface area contributed by atoms with Crippen LogP contribution in [0.1, 0.15) is 88.3 Å². The van der Waals surface area contributed by atoms with Crippen molar-refractivity contribution < 1.29 is 5.11 Å². The van der Waals surface area contributed by atoms with E-state index in [0.29, 0.717) is 23.9 Å². The molecule has 2 fully saturated rings. The fourth-order valence-corrected chi connectivity index (χ4v) is 4.62. The van der Waals surface area contributed by atoms with Crippen molar-refractivity contribution in [3.05, 3.63) is 34.9 Å². The van der Waals surface area contributed by atoms with Gasteiger partial charge in [-0.1, -0.05) is 52.3 Å². The third kappa shape index (κ3) is 2.83. The molecule has 1 aromatic rings. The highest BCUT2D eigenvalue weighted by molar-refractivity contribution is 5.43. The molecule has 2 nitrogen and oxygen atoms in total. The number of benzene rings is 1. The van der Waals surface area contributed by atoms with E-state index >= 15 is 0 Å². The van der Waals surface area contributed by atoms with Gasteiger partial charge < -0.3 is 10.4 Å². The lowest BCUT2D eigenvalue weighted by atomic mass is 9.69. The second-order valence-electron chi connectivity index (χ2n) is 8.05. The summed E-state index contributed by atoms with van der Waals surface area (Å²) in [5.74, 6) is 0.903. The van der Waals surface area contributed by atoms with Gasteiger partial charge in [-0.2, -0.15) is 0 Å². The first kappa shape index (κ1) is 16.0. The van der Waals surface area contributed by atoms with Crippen LogP contribution in [0.3, 0.4) is 0 Å². The quantitative estimate of drug-likeness (QED) is 0.866. The first-order valence-electron chi connectivity index (χ1n) is 9.02.